The number of alkyl carbamates (subject to hydrolysis) is 1. The summed E-state index contributed by atoms with van der Waals surface area (Å²) in [6.45, 7) is 0.727. The van der Waals surface area contributed by atoms with E-state index in [1.807, 2.05) is 30.3 Å². The largest absolute Gasteiger partial charge is 0.445 e. The fourth-order valence-electron chi connectivity index (χ4n) is 1.99. The monoisotopic (exact) mass is 262 g/mol. The lowest BCUT2D eigenvalue weighted by Gasteiger charge is -2.16. The minimum Gasteiger partial charge on any atom is -0.445 e. The quantitative estimate of drug-likeness (QED) is 0.869. The van der Waals surface area contributed by atoms with Crippen LogP contribution in [-0.4, -0.2) is 24.6 Å². The molecule has 19 heavy (non-hydrogen) atoms. The second-order valence-corrected chi connectivity index (χ2v) is 4.60. The molecule has 0 radical (unpaired) electrons. The predicted molar refractivity (Wildman–Crippen MR) is 70.4 cm³/mol. The van der Waals surface area contributed by atoms with Crippen LogP contribution in [0.15, 0.2) is 30.3 Å². The second-order valence-electron chi connectivity index (χ2n) is 4.60. The molecular weight excluding hydrogens is 244 g/mol. The molecular formula is C14H18N2O3. The number of amides is 2. The van der Waals surface area contributed by atoms with Gasteiger partial charge in [0.1, 0.15) is 6.61 Å². The Balaban J connectivity index is 1.73. The van der Waals surface area contributed by atoms with Crippen molar-refractivity contribution in [3.63, 3.8) is 0 Å². The van der Waals surface area contributed by atoms with Crippen LogP contribution in [-0.2, 0) is 16.1 Å². The van der Waals surface area contributed by atoms with Crippen LogP contribution in [0.1, 0.15) is 24.8 Å². The van der Waals surface area contributed by atoms with E-state index >= 15 is 0 Å². The van der Waals surface area contributed by atoms with E-state index in [4.69, 9.17) is 4.74 Å². The van der Waals surface area contributed by atoms with Crippen molar-refractivity contribution in [2.45, 2.75) is 31.9 Å². The van der Waals surface area contributed by atoms with Gasteiger partial charge in [0.15, 0.2) is 0 Å². The molecule has 1 fully saturated rings. The lowest BCUT2D eigenvalue weighted by molar-refractivity contribution is -0.120. The van der Waals surface area contributed by atoms with E-state index in [0.717, 1.165) is 18.4 Å². The van der Waals surface area contributed by atoms with Gasteiger partial charge < -0.3 is 15.4 Å². The average molecular weight is 262 g/mol. The molecule has 0 bridgehead atoms. The fraction of sp³-hybridized carbons (Fsp3) is 0.429. The third-order valence-corrected chi connectivity index (χ3v) is 3.04. The van der Waals surface area contributed by atoms with Gasteiger partial charge in [-0.25, -0.2) is 4.79 Å². The van der Waals surface area contributed by atoms with Gasteiger partial charge in [-0.05, 0) is 18.4 Å². The molecule has 1 saturated heterocycles. The molecule has 1 aromatic rings. The molecule has 0 unspecified atom stereocenters. The third kappa shape index (κ3) is 4.62. The van der Waals surface area contributed by atoms with Crippen LogP contribution in [0.5, 0.6) is 0 Å². The molecule has 0 saturated carbocycles. The fourth-order valence-corrected chi connectivity index (χ4v) is 1.99. The van der Waals surface area contributed by atoms with Crippen molar-refractivity contribution in [2.75, 3.05) is 6.54 Å². The first kappa shape index (κ1) is 13.4. The Kier molecular flexibility index (Phi) is 4.78. The van der Waals surface area contributed by atoms with Gasteiger partial charge in [-0.15, -0.1) is 0 Å². The highest BCUT2D eigenvalue weighted by Crippen LogP contribution is 2.06. The van der Waals surface area contributed by atoms with Crippen LogP contribution in [0.4, 0.5) is 4.79 Å². The first-order chi connectivity index (χ1) is 9.24. The van der Waals surface area contributed by atoms with E-state index in [1.54, 1.807) is 0 Å². The van der Waals surface area contributed by atoms with E-state index < -0.39 is 6.09 Å². The molecule has 1 aliphatic heterocycles. The molecule has 0 aromatic heterocycles. The van der Waals surface area contributed by atoms with Crippen molar-refractivity contribution < 1.29 is 14.3 Å². The van der Waals surface area contributed by atoms with E-state index in [0.29, 0.717) is 13.0 Å². The molecule has 0 aliphatic carbocycles. The maximum absolute atomic E-state index is 11.6. The van der Waals surface area contributed by atoms with Crippen molar-refractivity contribution in [1.29, 1.82) is 0 Å². The van der Waals surface area contributed by atoms with Crippen LogP contribution < -0.4 is 10.6 Å². The van der Waals surface area contributed by atoms with Crippen molar-refractivity contribution in [2.24, 2.45) is 0 Å². The molecule has 2 N–H and O–H groups in total. The Hall–Kier alpha value is -2.04. The summed E-state index contributed by atoms with van der Waals surface area (Å²) in [7, 11) is 0. The van der Waals surface area contributed by atoms with Crippen LogP contribution in [0.25, 0.3) is 0 Å². The smallest absolute Gasteiger partial charge is 0.407 e. The Morgan fingerprint density at radius 1 is 1.37 bits per heavy atom. The minimum absolute atomic E-state index is 0.0435. The van der Waals surface area contributed by atoms with Gasteiger partial charge in [-0.3, -0.25) is 4.79 Å². The summed E-state index contributed by atoms with van der Waals surface area (Å²) in [6, 6.07) is 9.47. The highest BCUT2D eigenvalue weighted by molar-refractivity contribution is 5.76. The summed E-state index contributed by atoms with van der Waals surface area (Å²) < 4.78 is 5.14. The summed E-state index contributed by atoms with van der Waals surface area (Å²) in [5.74, 6) is 0.0435. The summed E-state index contributed by atoms with van der Waals surface area (Å²) >= 11 is 0. The highest BCUT2D eigenvalue weighted by Gasteiger charge is 2.17. The van der Waals surface area contributed by atoms with Gasteiger partial charge in [-0.2, -0.15) is 0 Å². The number of carbonyl (C=O) groups is 2. The van der Waals surface area contributed by atoms with Crippen molar-refractivity contribution in [3.8, 4) is 0 Å². The molecule has 0 spiro atoms. The van der Waals surface area contributed by atoms with Gasteiger partial charge in [0.25, 0.3) is 0 Å². The Labute approximate surface area is 112 Å². The van der Waals surface area contributed by atoms with E-state index in [9.17, 15) is 9.59 Å². The van der Waals surface area contributed by atoms with Crippen LogP contribution >= 0.6 is 0 Å². The van der Waals surface area contributed by atoms with E-state index in [2.05, 4.69) is 10.6 Å². The summed E-state index contributed by atoms with van der Waals surface area (Å²) in [5, 5.41) is 5.54. The lowest BCUT2D eigenvalue weighted by atomic mass is 10.1. The zero-order valence-electron chi connectivity index (χ0n) is 10.7. The Morgan fingerprint density at radius 3 is 2.95 bits per heavy atom. The first-order valence-corrected chi connectivity index (χ1v) is 6.48. The first-order valence-electron chi connectivity index (χ1n) is 6.48. The number of hydrogen-bond acceptors (Lipinski definition) is 3. The topological polar surface area (TPSA) is 67.4 Å². The molecule has 2 rings (SSSR count). The van der Waals surface area contributed by atoms with Crippen LogP contribution in [0.3, 0.4) is 0 Å². The van der Waals surface area contributed by atoms with Crippen LogP contribution in [0.2, 0.25) is 0 Å². The zero-order valence-corrected chi connectivity index (χ0v) is 10.7. The molecule has 1 heterocycles. The standard InChI is InChI=1S/C14H18N2O3/c17-13-8-4-7-12(9-15-13)16-14(18)19-10-11-5-2-1-3-6-11/h1-3,5-6,12H,4,7-10H2,(H,15,17)(H,16,18)/t12-/m1/s1. The molecule has 1 aliphatic rings. The summed E-state index contributed by atoms with van der Waals surface area (Å²) in [4.78, 5) is 22.8. The van der Waals surface area contributed by atoms with Gasteiger partial charge in [0.2, 0.25) is 5.91 Å². The van der Waals surface area contributed by atoms with Gasteiger partial charge in [0, 0.05) is 19.0 Å². The summed E-state index contributed by atoms with van der Waals surface area (Å²) in [6.07, 6.45) is 1.66. The third-order valence-electron chi connectivity index (χ3n) is 3.04. The average Bonchev–Trinajstić information content (AvgIpc) is 2.63. The second kappa shape index (κ2) is 6.78. The van der Waals surface area contributed by atoms with E-state index in [1.165, 1.54) is 0 Å². The Morgan fingerprint density at radius 2 is 2.16 bits per heavy atom. The molecule has 5 nitrogen and oxygen atoms in total. The number of benzene rings is 1. The van der Waals surface area contributed by atoms with Gasteiger partial charge >= 0.3 is 6.09 Å². The number of rotatable bonds is 3. The van der Waals surface area contributed by atoms with Gasteiger partial charge in [-0.1, -0.05) is 30.3 Å². The predicted octanol–water partition coefficient (Wildman–Crippen LogP) is 1.58. The van der Waals surface area contributed by atoms with Crippen molar-refractivity contribution in [1.82, 2.24) is 10.6 Å². The number of hydrogen-bond donors (Lipinski definition) is 2. The number of carbonyl (C=O) groups excluding carboxylic acids is 2. The lowest BCUT2D eigenvalue weighted by Crippen LogP contribution is -2.41. The molecule has 102 valence electrons. The number of nitrogens with one attached hydrogen (secondary N) is 2. The SMILES string of the molecule is O=C1CCC[C@@H](NC(=O)OCc2ccccc2)CN1. The molecule has 1 aromatic carbocycles. The zero-order chi connectivity index (χ0) is 13.5. The maximum atomic E-state index is 11.6. The Bertz CT molecular complexity index is 434. The molecule has 1 atom stereocenters. The maximum Gasteiger partial charge on any atom is 0.407 e. The van der Waals surface area contributed by atoms with Crippen molar-refractivity contribution in [3.05, 3.63) is 35.9 Å². The molecule has 5 heteroatoms. The van der Waals surface area contributed by atoms with Gasteiger partial charge in [0.05, 0.1) is 0 Å². The van der Waals surface area contributed by atoms with Crippen molar-refractivity contribution >= 4 is 12.0 Å². The summed E-state index contributed by atoms with van der Waals surface area (Å²) in [5.41, 5.74) is 0.951. The number of ether oxygens (including phenoxy) is 1. The van der Waals surface area contributed by atoms with Crippen LogP contribution in [0, 0.1) is 0 Å². The molecule has 2 amide bonds. The van der Waals surface area contributed by atoms with E-state index in [-0.39, 0.29) is 18.6 Å². The highest BCUT2D eigenvalue weighted by atomic mass is 16.5. The normalized spacial score (nSPS) is 19.2. The minimum atomic E-state index is -0.440.